The Hall–Kier alpha value is -3.91. The second kappa shape index (κ2) is 12.3. The molecule has 0 saturated carbocycles. The maximum Gasteiger partial charge on any atom is 0.405 e. The molecular formula is C25H21Cl2F5N6O3. The summed E-state index contributed by atoms with van der Waals surface area (Å²) in [5.41, 5.74) is 1.45. The van der Waals surface area contributed by atoms with E-state index in [1.54, 1.807) is 29.1 Å². The van der Waals surface area contributed by atoms with Gasteiger partial charge in [-0.15, -0.1) is 0 Å². The number of halogens is 7. The molecule has 218 valence electrons. The SMILES string of the molecule is Cn1c(Cc2c(Cl)ccc(CNC(=O)c3ccn[nH]3)c2Cl)nc2cc(C(=O)NCC(F)(F)F)c(OCC(F)F)cc21. The number of nitrogens with one attached hydrogen (secondary N) is 3. The van der Waals surface area contributed by atoms with Crippen molar-refractivity contribution in [2.75, 3.05) is 13.2 Å². The molecular weight excluding hydrogens is 598 g/mol. The van der Waals surface area contributed by atoms with Crippen molar-refractivity contribution in [3.8, 4) is 5.75 Å². The fourth-order valence-electron chi connectivity index (χ4n) is 3.91. The van der Waals surface area contributed by atoms with E-state index in [1.807, 2.05) is 0 Å². The van der Waals surface area contributed by atoms with Gasteiger partial charge in [0, 0.05) is 37.3 Å². The first kappa shape index (κ1) is 30.1. The molecule has 2 aromatic heterocycles. The third-order valence-corrected chi connectivity index (χ3v) is 6.74. The average Bonchev–Trinajstić information content (AvgIpc) is 3.55. The molecule has 0 unspecified atom stereocenters. The number of aryl methyl sites for hydroxylation is 1. The highest BCUT2D eigenvalue weighted by Gasteiger charge is 2.29. The maximum atomic E-state index is 12.8. The van der Waals surface area contributed by atoms with Gasteiger partial charge in [0.25, 0.3) is 18.2 Å². The number of carbonyl (C=O) groups is 2. The van der Waals surface area contributed by atoms with Crippen LogP contribution in [-0.2, 0) is 20.0 Å². The zero-order chi connectivity index (χ0) is 29.9. The molecule has 4 aromatic rings. The van der Waals surface area contributed by atoms with Crippen LogP contribution in [0.4, 0.5) is 22.0 Å². The minimum atomic E-state index is -4.68. The number of benzene rings is 2. The zero-order valence-corrected chi connectivity index (χ0v) is 22.6. The number of rotatable bonds is 10. The van der Waals surface area contributed by atoms with E-state index in [9.17, 15) is 31.5 Å². The number of amides is 2. The Bertz CT molecular complexity index is 1570. The fraction of sp³-hybridized carbons (Fsp3) is 0.280. The number of fused-ring (bicyclic) bond motifs is 1. The predicted molar refractivity (Wildman–Crippen MR) is 140 cm³/mol. The highest BCUT2D eigenvalue weighted by molar-refractivity contribution is 6.36. The van der Waals surface area contributed by atoms with Crippen molar-refractivity contribution in [3.63, 3.8) is 0 Å². The van der Waals surface area contributed by atoms with Gasteiger partial charge in [0.1, 0.15) is 30.4 Å². The molecule has 9 nitrogen and oxygen atoms in total. The van der Waals surface area contributed by atoms with Crippen molar-refractivity contribution in [2.24, 2.45) is 7.05 Å². The smallest absolute Gasteiger partial charge is 0.405 e. The molecule has 0 saturated heterocycles. The summed E-state index contributed by atoms with van der Waals surface area (Å²) in [6.45, 7) is -2.63. The van der Waals surface area contributed by atoms with E-state index >= 15 is 0 Å². The van der Waals surface area contributed by atoms with Gasteiger partial charge in [-0.25, -0.2) is 13.8 Å². The second-order valence-electron chi connectivity index (χ2n) is 8.75. The fourth-order valence-corrected chi connectivity index (χ4v) is 4.48. The van der Waals surface area contributed by atoms with Crippen molar-refractivity contribution in [3.05, 3.63) is 74.8 Å². The molecule has 0 aliphatic carbocycles. The summed E-state index contributed by atoms with van der Waals surface area (Å²) >= 11 is 13.1. The summed E-state index contributed by atoms with van der Waals surface area (Å²) in [6.07, 6.45) is -6.06. The molecule has 4 rings (SSSR count). The lowest BCUT2D eigenvalue weighted by Gasteiger charge is -2.13. The van der Waals surface area contributed by atoms with Crippen LogP contribution >= 0.6 is 23.2 Å². The Morgan fingerprint density at radius 1 is 1.12 bits per heavy atom. The Kier molecular flexibility index (Phi) is 9.02. The molecule has 41 heavy (non-hydrogen) atoms. The van der Waals surface area contributed by atoms with E-state index in [-0.39, 0.29) is 34.9 Å². The van der Waals surface area contributed by atoms with Crippen LogP contribution in [0.3, 0.4) is 0 Å². The molecule has 0 atom stereocenters. The van der Waals surface area contributed by atoms with Crippen molar-refractivity contribution >= 4 is 46.0 Å². The van der Waals surface area contributed by atoms with E-state index < -0.39 is 43.1 Å². The molecule has 0 fully saturated rings. The van der Waals surface area contributed by atoms with Gasteiger partial charge in [-0.05, 0) is 29.3 Å². The van der Waals surface area contributed by atoms with Gasteiger partial charge in [0.2, 0.25) is 0 Å². The summed E-state index contributed by atoms with van der Waals surface area (Å²) < 4.78 is 70.2. The monoisotopic (exact) mass is 618 g/mol. The number of nitrogens with zero attached hydrogens (tertiary/aromatic N) is 3. The normalized spacial score (nSPS) is 11.7. The molecule has 0 spiro atoms. The molecule has 0 aliphatic rings. The molecule has 2 amide bonds. The van der Waals surface area contributed by atoms with Crippen LogP contribution in [0.25, 0.3) is 11.0 Å². The van der Waals surface area contributed by atoms with Crippen LogP contribution < -0.4 is 15.4 Å². The predicted octanol–water partition coefficient (Wildman–Crippen LogP) is 5.06. The molecule has 0 bridgehead atoms. The van der Waals surface area contributed by atoms with E-state index in [2.05, 4.69) is 20.5 Å². The van der Waals surface area contributed by atoms with E-state index in [0.29, 0.717) is 27.5 Å². The first-order chi connectivity index (χ1) is 19.3. The van der Waals surface area contributed by atoms with Crippen LogP contribution in [0.2, 0.25) is 10.0 Å². The van der Waals surface area contributed by atoms with E-state index in [0.717, 1.165) is 6.07 Å². The number of imidazole rings is 1. The van der Waals surface area contributed by atoms with Crippen molar-refractivity contribution in [1.82, 2.24) is 30.4 Å². The number of hydrogen-bond donors (Lipinski definition) is 3. The van der Waals surface area contributed by atoms with Crippen LogP contribution in [0.15, 0.2) is 36.5 Å². The highest BCUT2D eigenvalue weighted by Crippen LogP contribution is 2.32. The van der Waals surface area contributed by atoms with E-state index in [1.165, 1.54) is 18.3 Å². The van der Waals surface area contributed by atoms with Crippen molar-refractivity contribution < 1.29 is 36.3 Å². The van der Waals surface area contributed by atoms with Crippen LogP contribution in [0.5, 0.6) is 5.75 Å². The molecule has 2 heterocycles. The van der Waals surface area contributed by atoms with Gasteiger partial charge in [-0.3, -0.25) is 14.7 Å². The van der Waals surface area contributed by atoms with Gasteiger partial charge in [-0.2, -0.15) is 18.3 Å². The molecule has 0 radical (unpaired) electrons. The standard InChI is InChI=1S/C25H21Cl2F5N6O3/c1-38-18-8-19(41-10-20(28)29)14(23(39)34-11-25(30,31)32)6-17(18)36-21(38)7-13-15(26)3-2-12(22(13)27)9-33-24(40)16-4-5-35-37-16/h2-6,8,20H,7,9-11H2,1H3,(H,33,40)(H,34,39)(H,35,37). The lowest BCUT2D eigenvalue weighted by molar-refractivity contribution is -0.123. The van der Waals surface area contributed by atoms with Crippen LogP contribution in [0.1, 0.15) is 37.8 Å². The topological polar surface area (TPSA) is 114 Å². The largest absolute Gasteiger partial charge is 0.487 e. The Balaban J connectivity index is 1.64. The quantitative estimate of drug-likeness (QED) is 0.215. The second-order valence-corrected chi connectivity index (χ2v) is 9.54. The number of carbonyl (C=O) groups excluding carboxylic acids is 2. The Labute approximate surface area is 239 Å². The van der Waals surface area contributed by atoms with Crippen LogP contribution in [0, 0.1) is 0 Å². The average molecular weight is 619 g/mol. The Morgan fingerprint density at radius 3 is 2.54 bits per heavy atom. The molecule has 0 aliphatic heterocycles. The number of aromatic amines is 1. The number of aromatic nitrogens is 4. The minimum absolute atomic E-state index is 0.0740. The van der Waals surface area contributed by atoms with Gasteiger partial charge in [-0.1, -0.05) is 29.3 Å². The molecule has 16 heteroatoms. The highest BCUT2D eigenvalue weighted by atomic mass is 35.5. The lowest BCUT2D eigenvalue weighted by atomic mass is 10.1. The first-order valence-corrected chi connectivity index (χ1v) is 12.6. The summed E-state index contributed by atoms with van der Waals surface area (Å²) in [5.74, 6) is -1.52. The summed E-state index contributed by atoms with van der Waals surface area (Å²) in [4.78, 5) is 29.2. The van der Waals surface area contributed by atoms with Gasteiger partial charge < -0.3 is 19.9 Å². The number of hydrogen-bond acceptors (Lipinski definition) is 5. The van der Waals surface area contributed by atoms with Gasteiger partial charge in [0.05, 0.1) is 21.6 Å². The summed E-state index contributed by atoms with van der Waals surface area (Å²) in [7, 11) is 1.61. The lowest BCUT2D eigenvalue weighted by Crippen LogP contribution is -2.34. The van der Waals surface area contributed by atoms with Crippen molar-refractivity contribution in [1.29, 1.82) is 0 Å². The van der Waals surface area contributed by atoms with Crippen molar-refractivity contribution in [2.45, 2.75) is 25.6 Å². The summed E-state index contributed by atoms with van der Waals surface area (Å²) in [6, 6.07) is 7.17. The summed E-state index contributed by atoms with van der Waals surface area (Å²) in [5, 5.41) is 11.3. The molecule has 2 aromatic carbocycles. The van der Waals surface area contributed by atoms with E-state index in [4.69, 9.17) is 27.9 Å². The maximum absolute atomic E-state index is 12.8. The number of ether oxygens (including phenoxy) is 1. The third kappa shape index (κ3) is 7.24. The zero-order valence-electron chi connectivity index (χ0n) is 21.1. The van der Waals surface area contributed by atoms with Gasteiger partial charge >= 0.3 is 6.18 Å². The third-order valence-electron chi connectivity index (χ3n) is 5.92. The molecule has 3 N–H and O–H groups in total. The minimum Gasteiger partial charge on any atom is -0.487 e. The number of alkyl halides is 5. The number of H-pyrrole nitrogens is 1. The van der Waals surface area contributed by atoms with Crippen LogP contribution in [-0.4, -0.2) is 57.3 Å². The Morgan fingerprint density at radius 2 is 1.88 bits per heavy atom. The first-order valence-electron chi connectivity index (χ1n) is 11.8. The van der Waals surface area contributed by atoms with Gasteiger partial charge in [0.15, 0.2) is 0 Å².